The Labute approximate surface area is 150 Å². The zero-order chi connectivity index (χ0) is 18.6. The largest absolute Gasteiger partial charge is 0.496 e. The van der Waals surface area contributed by atoms with Gasteiger partial charge in [-0.05, 0) is 44.4 Å². The molecule has 2 heterocycles. The van der Waals surface area contributed by atoms with Crippen molar-refractivity contribution in [3.05, 3.63) is 23.3 Å². The second-order valence-corrected chi connectivity index (χ2v) is 8.00. The molecule has 2 aliphatic rings. The monoisotopic (exact) mass is 347 g/mol. The predicted octanol–water partition coefficient (Wildman–Crippen LogP) is 3.27. The Morgan fingerprint density at radius 3 is 2.40 bits per heavy atom. The standard InChI is InChI=1S/C20H29NO4/c1-12(2)15-10-25-20(5)11-19(4,18(22)21(15)20)14-9-16(23-6)13(3)8-17(14)24-7/h8-9,12,15H,10-11H2,1-7H3/t15-,19+,20-/m1/s1. The number of hydrogen-bond acceptors (Lipinski definition) is 4. The number of methoxy groups -OCH3 is 2. The summed E-state index contributed by atoms with van der Waals surface area (Å²) in [6.07, 6.45) is 0.602. The highest BCUT2D eigenvalue weighted by Crippen LogP contribution is 2.52. The van der Waals surface area contributed by atoms with Gasteiger partial charge in [0.25, 0.3) is 0 Å². The van der Waals surface area contributed by atoms with Crippen LogP contribution in [0.25, 0.3) is 0 Å². The Morgan fingerprint density at radius 2 is 1.84 bits per heavy atom. The highest BCUT2D eigenvalue weighted by molar-refractivity contribution is 5.92. The first-order valence-electron chi connectivity index (χ1n) is 8.89. The number of aryl methyl sites for hydroxylation is 1. The van der Waals surface area contributed by atoms with Gasteiger partial charge in [-0.15, -0.1) is 0 Å². The van der Waals surface area contributed by atoms with Crippen molar-refractivity contribution in [2.45, 2.75) is 58.2 Å². The van der Waals surface area contributed by atoms with E-state index in [4.69, 9.17) is 14.2 Å². The molecule has 0 saturated carbocycles. The van der Waals surface area contributed by atoms with Crippen LogP contribution in [0.2, 0.25) is 0 Å². The fourth-order valence-corrected chi connectivity index (χ4v) is 4.44. The van der Waals surface area contributed by atoms with E-state index < -0.39 is 11.1 Å². The number of fused-ring (bicyclic) bond motifs is 1. The number of nitrogens with zero attached hydrogens (tertiary/aromatic N) is 1. The van der Waals surface area contributed by atoms with Gasteiger partial charge in [-0.3, -0.25) is 4.79 Å². The van der Waals surface area contributed by atoms with Crippen molar-refractivity contribution in [2.75, 3.05) is 20.8 Å². The van der Waals surface area contributed by atoms with Gasteiger partial charge in [0, 0.05) is 12.0 Å². The molecule has 0 aromatic heterocycles. The molecule has 2 fully saturated rings. The number of hydrogen-bond donors (Lipinski definition) is 0. The summed E-state index contributed by atoms with van der Waals surface area (Å²) < 4.78 is 17.2. The number of ether oxygens (including phenoxy) is 3. The van der Waals surface area contributed by atoms with E-state index in [0.29, 0.717) is 18.9 Å². The van der Waals surface area contributed by atoms with Gasteiger partial charge in [-0.2, -0.15) is 0 Å². The Balaban J connectivity index is 2.11. The SMILES string of the molecule is COc1cc([C@]2(C)C[C@@]3(C)OC[C@H](C(C)C)N3C2=O)c(OC)cc1C. The molecule has 1 aromatic carbocycles. The van der Waals surface area contributed by atoms with Crippen molar-refractivity contribution in [1.82, 2.24) is 4.90 Å². The first-order valence-corrected chi connectivity index (χ1v) is 8.89. The molecule has 1 aromatic rings. The molecule has 5 heteroatoms. The Bertz CT molecular complexity index is 701. The molecule has 0 bridgehead atoms. The van der Waals surface area contributed by atoms with E-state index in [1.165, 1.54) is 0 Å². The fourth-order valence-electron chi connectivity index (χ4n) is 4.44. The smallest absolute Gasteiger partial charge is 0.235 e. The quantitative estimate of drug-likeness (QED) is 0.839. The number of carbonyl (C=O) groups is 1. The zero-order valence-electron chi connectivity index (χ0n) is 16.3. The number of benzene rings is 1. The molecule has 0 unspecified atom stereocenters. The van der Waals surface area contributed by atoms with Gasteiger partial charge < -0.3 is 19.1 Å². The normalized spacial score (nSPS) is 31.6. The summed E-state index contributed by atoms with van der Waals surface area (Å²) in [7, 11) is 3.29. The van der Waals surface area contributed by atoms with Crippen LogP contribution < -0.4 is 9.47 Å². The van der Waals surface area contributed by atoms with Crippen molar-refractivity contribution < 1.29 is 19.0 Å². The molecule has 0 N–H and O–H groups in total. The summed E-state index contributed by atoms with van der Waals surface area (Å²) in [5.74, 6) is 1.95. The molecule has 25 heavy (non-hydrogen) atoms. The van der Waals surface area contributed by atoms with Gasteiger partial charge >= 0.3 is 0 Å². The third kappa shape index (κ3) is 2.51. The van der Waals surface area contributed by atoms with Gasteiger partial charge in [0.15, 0.2) is 0 Å². The molecular weight excluding hydrogens is 318 g/mol. The average molecular weight is 347 g/mol. The maximum absolute atomic E-state index is 13.5. The number of carbonyl (C=O) groups excluding carboxylic acids is 1. The van der Waals surface area contributed by atoms with Crippen molar-refractivity contribution in [2.24, 2.45) is 5.92 Å². The van der Waals surface area contributed by atoms with E-state index in [1.807, 2.05) is 37.8 Å². The van der Waals surface area contributed by atoms with Crippen LogP contribution in [0.15, 0.2) is 12.1 Å². The molecular formula is C20H29NO4. The molecule has 5 nitrogen and oxygen atoms in total. The summed E-state index contributed by atoms with van der Waals surface area (Å²) in [6, 6.07) is 4.00. The fraction of sp³-hybridized carbons (Fsp3) is 0.650. The lowest BCUT2D eigenvalue weighted by atomic mass is 9.78. The van der Waals surface area contributed by atoms with Gasteiger partial charge in [-0.1, -0.05) is 13.8 Å². The number of amides is 1. The molecule has 1 amide bonds. The van der Waals surface area contributed by atoms with Crippen LogP contribution in [0.1, 0.15) is 45.2 Å². The van der Waals surface area contributed by atoms with E-state index in [1.54, 1.807) is 14.2 Å². The highest BCUT2D eigenvalue weighted by Gasteiger charge is 2.62. The summed E-state index contributed by atoms with van der Waals surface area (Å²) in [4.78, 5) is 15.5. The van der Waals surface area contributed by atoms with Gasteiger partial charge in [-0.25, -0.2) is 0 Å². The van der Waals surface area contributed by atoms with E-state index in [0.717, 1.165) is 22.6 Å². The minimum Gasteiger partial charge on any atom is -0.496 e. The highest BCUT2D eigenvalue weighted by atomic mass is 16.5. The average Bonchev–Trinajstić information content (AvgIpc) is 2.99. The van der Waals surface area contributed by atoms with E-state index in [2.05, 4.69) is 13.8 Å². The molecule has 0 radical (unpaired) electrons. The summed E-state index contributed by atoms with van der Waals surface area (Å²) in [5, 5.41) is 0. The second kappa shape index (κ2) is 5.90. The van der Waals surface area contributed by atoms with Crippen molar-refractivity contribution >= 4 is 5.91 Å². The van der Waals surface area contributed by atoms with Crippen molar-refractivity contribution in [1.29, 1.82) is 0 Å². The molecule has 0 aliphatic carbocycles. The molecule has 138 valence electrons. The van der Waals surface area contributed by atoms with Gasteiger partial charge in [0.2, 0.25) is 5.91 Å². The van der Waals surface area contributed by atoms with Crippen LogP contribution in [0.3, 0.4) is 0 Å². The predicted molar refractivity (Wildman–Crippen MR) is 96.1 cm³/mol. The topological polar surface area (TPSA) is 48.0 Å². The molecule has 0 spiro atoms. The summed E-state index contributed by atoms with van der Waals surface area (Å²) in [6.45, 7) is 10.9. The molecule has 2 aliphatic heterocycles. The zero-order valence-corrected chi connectivity index (χ0v) is 16.3. The van der Waals surface area contributed by atoms with E-state index in [-0.39, 0.29) is 11.9 Å². The van der Waals surface area contributed by atoms with Crippen LogP contribution in [0, 0.1) is 12.8 Å². The minimum atomic E-state index is -0.700. The summed E-state index contributed by atoms with van der Waals surface area (Å²) >= 11 is 0. The van der Waals surface area contributed by atoms with Crippen molar-refractivity contribution in [3.8, 4) is 11.5 Å². The second-order valence-electron chi connectivity index (χ2n) is 8.00. The van der Waals surface area contributed by atoms with Crippen LogP contribution in [0.4, 0.5) is 0 Å². The van der Waals surface area contributed by atoms with E-state index >= 15 is 0 Å². The first kappa shape index (κ1) is 18.1. The van der Waals surface area contributed by atoms with Crippen LogP contribution in [-0.2, 0) is 14.9 Å². The van der Waals surface area contributed by atoms with Crippen LogP contribution >= 0.6 is 0 Å². The Hall–Kier alpha value is -1.75. The molecule has 3 atom stereocenters. The van der Waals surface area contributed by atoms with Crippen LogP contribution in [-0.4, -0.2) is 43.4 Å². The Morgan fingerprint density at radius 1 is 1.20 bits per heavy atom. The molecule has 2 saturated heterocycles. The molecule has 3 rings (SSSR count). The maximum Gasteiger partial charge on any atom is 0.235 e. The first-order chi connectivity index (χ1) is 11.7. The lowest BCUT2D eigenvalue weighted by molar-refractivity contribution is -0.139. The minimum absolute atomic E-state index is 0.107. The summed E-state index contributed by atoms with van der Waals surface area (Å²) in [5.41, 5.74) is 0.586. The van der Waals surface area contributed by atoms with Crippen molar-refractivity contribution in [3.63, 3.8) is 0 Å². The van der Waals surface area contributed by atoms with Gasteiger partial charge in [0.05, 0.1) is 32.3 Å². The maximum atomic E-state index is 13.5. The third-order valence-corrected chi connectivity index (χ3v) is 5.86. The Kier molecular flexibility index (Phi) is 4.26. The number of rotatable bonds is 4. The van der Waals surface area contributed by atoms with Crippen LogP contribution in [0.5, 0.6) is 11.5 Å². The van der Waals surface area contributed by atoms with E-state index in [9.17, 15) is 4.79 Å². The van der Waals surface area contributed by atoms with Gasteiger partial charge in [0.1, 0.15) is 17.2 Å². The lowest BCUT2D eigenvalue weighted by Gasteiger charge is -2.31. The lowest BCUT2D eigenvalue weighted by Crippen LogP contribution is -2.47. The third-order valence-electron chi connectivity index (χ3n) is 5.86.